The average molecular weight is 589 g/mol. The molecule has 0 unspecified atom stereocenters. The number of nitrogens with one attached hydrogen (secondary N) is 1. The molecule has 0 spiro atoms. The number of carbonyl (C=O) groups is 2. The van der Waals surface area contributed by atoms with Gasteiger partial charge in [0.1, 0.15) is 23.1 Å². The zero-order chi connectivity index (χ0) is 30.4. The Hall–Kier alpha value is -4.21. The van der Waals surface area contributed by atoms with Gasteiger partial charge in [-0.15, -0.1) is 0 Å². The van der Waals surface area contributed by atoms with Crippen LogP contribution in [0.3, 0.4) is 0 Å². The molecular formula is C25H20F7N4O5-. The maximum absolute atomic E-state index is 15.3. The Balaban J connectivity index is 1.94. The lowest BCUT2D eigenvalue weighted by Gasteiger charge is -2.22. The highest BCUT2D eigenvalue weighted by Crippen LogP contribution is 2.30. The minimum atomic E-state index is -4.91. The molecule has 1 aliphatic heterocycles. The van der Waals surface area contributed by atoms with Crippen molar-refractivity contribution in [2.45, 2.75) is 38.1 Å². The fourth-order valence-electron chi connectivity index (χ4n) is 4.63. The van der Waals surface area contributed by atoms with E-state index in [-0.39, 0.29) is 25.2 Å². The molecule has 1 aliphatic rings. The molecule has 2 N–H and O–H groups in total. The van der Waals surface area contributed by atoms with Gasteiger partial charge in [-0.1, -0.05) is 6.92 Å². The summed E-state index contributed by atoms with van der Waals surface area (Å²) in [6.07, 6.45) is -6.89. The number of aliphatic carboxylic acids is 1. The first kappa shape index (κ1) is 29.8. The van der Waals surface area contributed by atoms with Crippen molar-refractivity contribution in [1.82, 2.24) is 14.9 Å². The SMILES string of the molecule is CC[C@H](NC(=O)c1cn(-c2c(F)cc(F)cc2F)c2nc(N3C[C@@H](CC(=O)[O-])[C@@H](O)C3)c(F)cc2c1=O)C(F)(F)F. The van der Waals surface area contributed by atoms with Crippen LogP contribution in [0.25, 0.3) is 16.7 Å². The molecular weight excluding hydrogens is 569 g/mol. The molecule has 2 aromatic heterocycles. The summed E-state index contributed by atoms with van der Waals surface area (Å²) in [6.45, 7) is 0.533. The van der Waals surface area contributed by atoms with Crippen molar-refractivity contribution >= 4 is 28.7 Å². The van der Waals surface area contributed by atoms with Gasteiger partial charge in [0.2, 0.25) is 5.43 Å². The molecule has 1 saturated heterocycles. The number of benzene rings is 1. The number of nitrogens with zero attached hydrogens (tertiary/aromatic N) is 3. The number of fused-ring (bicyclic) bond motifs is 1. The van der Waals surface area contributed by atoms with E-state index < -0.39 is 106 Å². The first-order valence-corrected chi connectivity index (χ1v) is 12.0. The van der Waals surface area contributed by atoms with E-state index in [9.17, 15) is 50.9 Å². The number of anilines is 1. The monoisotopic (exact) mass is 589 g/mol. The number of carboxylic acids is 1. The van der Waals surface area contributed by atoms with Crippen LogP contribution in [0.4, 0.5) is 36.6 Å². The normalized spacial score (nSPS) is 18.1. The van der Waals surface area contributed by atoms with Gasteiger partial charge < -0.3 is 25.2 Å². The number of aliphatic hydroxyl groups is 1. The smallest absolute Gasteiger partial charge is 0.408 e. The van der Waals surface area contributed by atoms with Crippen molar-refractivity contribution in [3.05, 3.63) is 63.5 Å². The Kier molecular flexibility index (Phi) is 7.98. The van der Waals surface area contributed by atoms with Crippen LogP contribution in [-0.4, -0.2) is 57.9 Å². The maximum Gasteiger partial charge on any atom is 0.408 e. The van der Waals surface area contributed by atoms with E-state index in [4.69, 9.17) is 0 Å². The molecule has 0 saturated carbocycles. The van der Waals surface area contributed by atoms with Crippen molar-refractivity contribution in [2.24, 2.45) is 5.92 Å². The molecule has 4 rings (SSSR count). The summed E-state index contributed by atoms with van der Waals surface area (Å²) in [7, 11) is 0. The Morgan fingerprint density at radius 3 is 2.32 bits per heavy atom. The molecule has 3 atom stereocenters. The highest BCUT2D eigenvalue weighted by atomic mass is 19.4. The number of β-amino-alcohol motifs (C(OH)–C–C–N with tert-alkyl or cyclic N) is 1. The lowest BCUT2D eigenvalue weighted by atomic mass is 10.0. The second-order valence-electron chi connectivity index (χ2n) is 9.41. The average Bonchev–Trinajstić information content (AvgIpc) is 3.21. The molecule has 0 bridgehead atoms. The predicted molar refractivity (Wildman–Crippen MR) is 126 cm³/mol. The number of halogens is 7. The second-order valence-corrected chi connectivity index (χ2v) is 9.41. The standard InChI is InChI=1S/C25H21F7N4O5/c1-2-18(25(30,31)32)33-24(41)13-8-36(20-14(27)4-11(26)5-15(20)28)22-12(21(13)40)6-16(29)23(34-22)35-7-10(3-19(38)39)17(37)9-35/h4-6,8,10,17-18,37H,2-3,7,9H2,1H3,(H,33,41)(H,38,39)/p-1/t10-,17+,18+/m1/s1. The third-order valence-electron chi connectivity index (χ3n) is 6.62. The summed E-state index contributed by atoms with van der Waals surface area (Å²) < 4.78 is 98.8. The number of aliphatic hydroxyl groups excluding tert-OH is 1. The van der Waals surface area contributed by atoms with Crippen LogP contribution in [0.1, 0.15) is 30.1 Å². The fraction of sp³-hybridized carbons (Fsp3) is 0.360. The van der Waals surface area contributed by atoms with Crippen LogP contribution in [0.2, 0.25) is 0 Å². The first-order valence-electron chi connectivity index (χ1n) is 12.0. The number of carboxylic acid groups (broad SMARTS) is 1. The van der Waals surface area contributed by atoms with Gasteiger partial charge in [-0.2, -0.15) is 13.2 Å². The van der Waals surface area contributed by atoms with Crippen LogP contribution < -0.4 is 20.8 Å². The van der Waals surface area contributed by atoms with Crippen LogP contribution in [0.5, 0.6) is 0 Å². The van der Waals surface area contributed by atoms with Gasteiger partial charge in [-0.3, -0.25) is 14.2 Å². The number of rotatable bonds is 7. The molecule has 9 nitrogen and oxygen atoms in total. The van der Waals surface area contributed by atoms with Crippen LogP contribution in [0, 0.1) is 29.2 Å². The third-order valence-corrected chi connectivity index (χ3v) is 6.62. The number of amides is 1. The van der Waals surface area contributed by atoms with Gasteiger partial charge in [0.05, 0.1) is 11.5 Å². The molecule has 3 aromatic rings. The van der Waals surface area contributed by atoms with Crippen molar-refractivity contribution in [3.63, 3.8) is 0 Å². The Bertz CT molecular complexity index is 1570. The van der Waals surface area contributed by atoms with E-state index in [1.165, 1.54) is 0 Å². The van der Waals surface area contributed by atoms with Gasteiger partial charge in [0.25, 0.3) is 5.91 Å². The second kappa shape index (κ2) is 11.0. The Morgan fingerprint density at radius 1 is 1.12 bits per heavy atom. The van der Waals surface area contributed by atoms with Crippen molar-refractivity contribution in [1.29, 1.82) is 0 Å². The summed E-state index contributed by atoms with van der Waals surface area (Å²) in [5, 5.41) is 22.0. The fourth-order valence-corrected chi connectivity index (χ4v) is 4.63. The highest BCUT2D eigenvalue weighted by molar-refractivity contribution is 5.97. The lowest BCUT2D eigenvalue weighted by Crippen LogP contribution is -2.46. The quantitative estimate of drug-likeness (QED) is 0.404. The van der Waals surface area contributed by atoms with Crippen molar-refractivity contribution < 1.29 is 50.5 Å². The van der Waals surface area contributed by atoms with E-state index in [1.807, 2.05) is 0 Å². The summed E-state index contributed by atoms with van der Waals surface area (Å²) in [5.74, 6) is -10.2. The topological polar surface area (TPSA) is 128 Å². The number of hydrogen-bond donors (Lipinski definition) is 2. The molecule has 0 aliphatic carbocycles. The minimum absolute atomic E-state index is 0.246. The molecule has 1 aromatic carbocycles. The molecule has 1 fully saturated rings. The molecule has 1 amide bonds. The van der Waals surface area contributed by atoms with Gasteiger partial charge in [-0.25, -0.2) is 22.5 Å². The molecule has 220 valence electrons. The summed E-state index contributed by atoms with van der Waals surface area (Å²) in [4.78, 5) is 42.0. The zero-order valence-corrected chi connectivity index (χ0v) is 20.9. The summed E-state index contributed by atoms with van der Waals surface area (Å²) >= 11 is 0. The third kappa shape index (κ3) is 5.82. The number of pyridine rings is 2. The number of carbonyl (C=O) groups excluding carboxylic acids is 2. The molecule has 41 heavy (non-hydrogen) atoms. The largest absolute Gasteiger partial charge is 0.550 e. The predicted octanol–water partition coefficient (Wildman–Crippen LogP) is 1.95. The first-order chi connectivity index (χ1) is 19.1. The molecule has 3 heterocycles. The Morgan fingerprint density at radius 2 is 1.76 bits per heavy atom. The van der Waals surface area contributed by atoms with E-state index >= 15 is 4.39 Å². The highest BCUT2D eigenvalue weighted by Gasteiger charge is 2.40. The van der Waals surface area contributed by atoms with Gasteiger partial charge in [-0.05, 0) is 18.9 Å². The van der Waals surface area contributed by atoms with Crippen molar-refractivity contribution in [2.75, 3.05) is 18.0 Å². The number of aromatic nitrogens is 2. The van der Waals surface area contributed by atoms with Crippen molar-refractivity contribution in [3.8, 4) is 5.69 Å². The van der Waals surface area contributed by atoms with Gasteiger partial charge in [0, 0.05) is 43.3 Å². The number of hydrogen-bond acceptors (Lipinski definition) is 7. The van der Waals surface area contributed by atoms with Crippen LogP contribution >= 0.6 is 0 Å². The van der Waals surface area contributed by atoms with E-state index in [0.29, 0.717) is 16.8 Å². The zero-order valence-electron chi connectivity index (χ0n) is 20.9. The van der Waals surface area contributed by atoms with Gasteiger partial charge >= 0.3 is 6.18 Å². The van der Waals surface area contributed by atoms with Crippen LogP contribution in [-0.2, 0) is 4.79 Å². The summed E-state index contributed by atoms with van der Waals surface area (Å²) in [6, 6.07) is -1.35. The van der Waals surface area contributed by atoms with E-state index in [1.54, 1.807) is 5.32 Å². The van der Waals surface area contributed by atoms with Crippen LogP contribution in [0.15, 0.2) is 29.2 Å². The maximum atomic E-state index is 15.3. The van der Waals surface area contributed by atoms with E-state index in [0.717, 1.165) is 11.8 Å². The van der Waals surface area contributed by atoms with Gasteiger partial charge in [0.15, 0.2) is 28.9 Å². The minimum Gasteiger partial charge on any atom is -0.550 e. The lowest BCUT2D eigenvalue weighted by molar-refractivity contribution is -0.307. The van der Waals surface area contributed by atoms with E-state index in [2.05, 4.69) is 4.98 Å². The number of alkyl halides is 3. The summed E-state index contributed by atoms with van der Waals surface area (Å²) in [5.41, 5.74) is -4.14. The Labute approximate surface area is 225 Å². The molecule has 0 radical (unpaired) electrons. The molecule has 16 heteroatoms.